The summed E-state index contributed by atoms with van der Waals surface area (Å²) in [4.78, 5) is 11.3. The quantitative estimate of drug-likeness (QED) is 0.333. The van der Waals surface area contributed by atoms with E-state index in [0.29, 0.717) is 34.0 Å². The molecule has 5 nitrogen and oxygen atoms in total. The molecule has 2 unspecified atom stereocenters. The van der Waals surface area contributed by atoms with Crippen LogP contribution in [0.15, 0.2) is 65.8 Å². The highest BCUT2D eigenvalue weighted by atomic mass is 35.5. The Labute approximate surface area is 215 Å². The Kier molecular flexibility index (Phi) is 7.45. The van der Waals surface area contributed by atoms with E-state index in [1.165, 1.54) is 26.2 Å². The highest BCUT2D eigenvalue weighted by molar-refractivity contribution is 6.31. The number of rotatable bonds is 7. The van der Waals surface area contributed by atoms with Crippen LogP contribution in [0.4, 0.5) is 23.2 Å². The van der Waals surface area contributed by atoms with Crippen molar-refractivity contribution in [1.29, 1.82) is 0 Å². The van der Waals surface area contributed by atoms with Gasteiger partial charge in [-0.05, 0) is 59.5 Å². The number of benzene rings is 3. The van der Waals surface area contributed by atoms with Gasteiger partial charge in [0.05, 0.1) is 25.3 Å². The van der Waals surface area contributed by atoms with Crippen molar-refractivity contribution >= 4 is 29.0 Å². The summed E-state index contributed by atoms with van der Waals surface area (Å²) in [6, 6.07) is 15.3. The molecule has 0 saturated heterocycles. The highest BCUT2D eigenvalue weighted by Crippen LogP contribution is 2.37. The Hall–Kier alpha value is -3.59. The van der Waals surface area contributed by atoms with E-state index >= 15 is 0 Å². The maximum atomic E-state index is 14.3. The van der Waals surface area contributed by atoms with Crippen molar-refractivity contribution in [2.45, 2.75) is 32.0 Å². The molecule has 0 fully saturated rings. The van der Waals surface area contributed by atoms with E-state index in [0.717, 1.165) is 16.1 Å². The van der Waals surface area contributed by atoms with E-state index in [9.17, 15) is 27.5 Å². The van der Waals surface area contributed by atoms with Gasteiger partial charge in [0.25, 0.3) is 0 Å². The summed E-state index contributed by atoms with van der Waals surface area (Å²) in [5.41, 5.74) is 1.90. The number of hydrogen-bond donors (Lipinski definition) is 1. The Morgan fingerprint density at radius 3 is 2.41 bits per heavy atom. The average molecular weight is 535 g/mol. The zero-order valence-corrected chi connectivity index (χ0v) is 20.6. The molecule has 1 aliphatic heterocycles. The smallest absolute Gasteiger partial charge is 0.431 e. The lowest BCUT2D eigenvalue weighted by atomic mass is 9.94. The molecule has 0 spiro atoms. The third-order valence-electron chi connectivity index (χ3n) is 6.35. The number of aliphatic carboxylic acids is 1. The standard InChI is InChI=1S/C27H23ClF4N2O3/c1-15-24(14-25(35)36)34(33-26(15)27(30,31)32)19-7-3-16(4-8-19)11-18-6-5-17(12-22(18)28)21-13-20(37-2)9-10-23(21)29/h3-10,12-13,15,24H,11,14H2,1-2H3,(H,35,36). The summed E-state index contributed by atoms with van der Waals surface area (Å²) >= 11 is 6.49. The fourth-order valence-corrected chi connectivity index (χ4v) is 4.63. The van der Waals surface area contributed by atoms with Crippen molar-refractivity contribution in [2.75, 3.05) is 12.1 Å². The first-order valence-corrected chi connectivity index (χ1v) is 11.7. The minimum Gasteiger partial charge on any atom is -0.497 e. The molecule has 2 atom stereocenters. The highest BCUT2D eigenvalue weighted by Gasteiger charge is 2.48. The molecule has 37 heavy (non-hydrogen) atoms. The molecule has 3 aromatic rings. The van der Waals surface area contributed by atoms with Crippen LogP contribution < -0.4 is 9.75 Å². The van der Waals surface area contributed by atoms with Gasteiger partial charge in [0.1, 0.15) is 17.3 Å². The van der Waals surface area contributed by atoms with Gasteiger partial charge in [-0.1, -0.05) is 42.8 Å². The van der Waals surface area contributed by atoms with E-state index < -0.39 is 42.1 Å². The number of carbonyl (C=O) groups is 1. The molecule has 1 N–H and O–H groups in total. The average Bonchev–Trinajstić information content (AvgIpc) is 3.17. The maximum Gasteiger partial charge on any atom is 0.431 e. The van der Waals surface area contributed by atoms with Crippen LogP contribution in [0.25, 0.3) is 11.1 Å². The fourth-order valence-electron chi connectivity index (χ4n) is 4.38. The van der Waals surface area contributed by atoms with E-state index in [1.807, 2.05) is 0 Å². The van der Waals surface area contributed by atoms with Gasteiger partial charge >= 0.3 is 12.1 Å². The van der Waals surface area contributed by atoms with Crippen molar-refractivity contribution < 1.29 is 32.2 Å². The third-order valence-corrected chi connectivity index (χ3v) is 6.70. The molecular formula is C27H23ClF4N2O3. The Morgan fingerprint density at radius 2 is 1.81 bits per heavy atom. The monoisotopic (exact) mass is 534 g/mol. The molecule has 3 aromatic carbocycles. The molecule has 0 amide bonds. The molecule has 0 aliphatic carbocycles. The van der Waals surface area contributed by atoms with Crippen molar-refractivity contribution in [3.8, 4) is 16.9 Å². The van der Waals surface area contributed by atoms with Crippen LogP contribution in [0.1, 0.15) is 24.5 Å². The molecule has 0 bridgehead atoms. The molecular weight excluding hydrogens is 512 g/mol. The summed E-state index contributed by atoms with van der Waals surface area (Å²) in [7, 11) is 1.50. The summed E-state index contributed by atoms with van der Waals surface area (Å²) in [5.74, 6) is -2.19. The van der Waals surface area contributed by atoms with E-state index in [-0.39, 0.29) is 0 Å². The van der Waals surface area contributed by atoms with Crippen molar-refractivity contribution in [3.63, 3.8) is 0 Å². The van der Waals surface area contributed by atoms with Gasteiger partial charge in [-0.25, -0.2) is 4.39 Å². The summed E-state index contributed by atoms with van der Waals surface area (Å²) in [5, 5.41) is 14.5. The first-order chi connectivity index (χ1) is 17.5. The molecule has 0 aromatic heterocycles. The van der Waals surface area contributed by atoms with Gasteiger partial charge in [0.15, 0.2) is 0 Å². The molecule has 1 aliphatic rings. The van der Waals surface area contributed by atoms with Crippen LogP contribution in [0.5, 0.6) is 5.75 Å². The second-order valence-corrected chi connectivity index (χ2v) is 9.18. The molecule has 0 radical (unpaired) electrons. The number of hydrazone groups is 1. The summed E-state index contributed by atoms with van der Waals surface area (Å²) in [6.45, 7) is 1.33. The van der Waals surface area contributed by atoms with Gasteiger partial charge in [-0.3, -0.25) is 9.80 Å². The Bertz CT molecular complexity index is 1340. The summed E-state index contributed by atoms with van der Waals surface area (Å²) < 4.78 is 59.7. The van der Waals surface area contributed by atoms with E-state index in [4.69, 9.17) is 16.3 Å². The number of anilines is 1. The van der Waals surface area contributed by atoms with E-state index in [2.05, 4.69) is 5.10 Å². The number of methoxy groups -OCH3 is 1. The molecule has 0 saturated carbocycles. The number of alkyl halides is 3. The predicted octanol–water partition coefficient (Wildman–Crippen LogP) is 6.96. The lowest BCUT2D eigenvalue weighted by Gasteiger charge is -2.25. The number of carboxylic acids is 1. The normalized spacial score (nSPS) is 17.6. The van der Waals surface area contributed by atoms with Gasteiger partial charge < -0.3 is 9.84 Å². The molecule has 1 heterocycles. The number of halogens is 5. The van der Waals surface area contributed by atoms with Crippen molar-refractivity contribution in [3.05, 3.63) is 82.6 Å². The van der Waals surface area contributed by atoms with Crippen LogP contribution in [-0.2, 0) is 11.2 Å². The Morgan fingerprint density at radius 1 is 1.11 bits per heavy atom. The Balaban J connectivity index is 1.55. The van der Waals surface area contributed by atoms with Gasteiger partial charge in [0.2, 0.25) is 0 Å². The van der Waals surface area contributed by atoms with Crippen LogP contribution in [0.2, 0.25) is 5.02 Å². The van der Waals surface area contributed by atoms with Gasteiger partial charge in [-0.2, -0.15) is 18.3 Å². The first-order valence-electron chi connectivity index (χ1n) is 11.4. The molecule has 194 valence electrons. The van der Waals surface area contributed by atoms with Crippen LogP contribution in [0, 0.1) is 11.7 Å². The van der Waals surface area contributed by atoms with Crippen molar-refractivity contribution in [1.82, 2.24) is 0 Å². The lowest BCUT2D eigenvalue weighted by Crippen LogP contribution is -2.36. The number of ether oxygens (including phenoxy) is 1. The minimum absolute atomic E-state index is 0.353. The maximum absolute atomic E-state index is 14.3. The third kappa shape index (κ3) is 5.72. The first kappa shape index (κ1) is 26.5. The zero-order valence-electron chi connectivity index (χ0n) is 19.9. The summed E-state index contributed by atoms with van der Waals surface area (Å²) in [6.07, 6.45) is -4.71. The fraction of sp³-hybridized carbons (Fsp3) is 0.259. The predicted molar refractivity (Wildman–Crippen MR) is 134 cm³/mol. The van der Waals surface area contributed by atoms with E-state index in [1.54, 1.807) is 48.5 Å². The number of carboxylic acid groups (broad SMARTS) is 1. The minimum atomic E-state index is -4.65. The van der Waals surface area contributed by atoms with Crippen LogP contribution >= 0.6 is 11.6 Å². The SMILES string of the molecule is COc1ccc(F)c(-c2ccc(Cc3ccc(N4N=C(C(F)(F)F)C(C)C4CC(=O)O)cc3)c(Cl)c2)c1. The molecule has 10 heteroatoms. The second-order valence-electron chi connectivity index (χ2n) is 8.78. The second kappa shape index (κ2) is 10.4. The van der Waals surface area contributed by atoms with Gasteiger partial charge in [0, 0.05) is 16.5 Å². The van der Waals surface area contributed by atoms with Gasteiger partial charge in [-0.15, -0.1) is 0 Å². The lowest BCUT2D eigenvalue weighted by molar-refractivity contribution is -0.137. The zero-order chi connectivity index (χ0) is 26.9. The largest absolute Gasteiger partial charge is 0.497 e. The number of hydrogen-bond acceptors (Lipinski definition) is 4. The molecule has 4 rings (SSSR count). The van der Waals surface area contributed by atoms with Crippen LogP contribution in [0.3, 0.4) is 0 Å². The topological polar surface area (TPSA) is 62.1 Å². The number of nitrogens with zero attached hydrogens (tertiary/aromatic N) is 2. The van der Waals surface area contributed by atoms with Crippen molar-refractivity contribution in [2.24, 2.45) is 11.0 Å². The van der Waals surface area contributed by atoms with Crippen LogP contribution in [-0.4, -0.2) is 36.1 Å².